The van der Waals surface area contributed by atoms with Gasteiger partial charge in [-0.25, -0.2) is 0 Å². The maximum absolute atomic E-state index is 10.9. The predicted octanol–water partition coefficient (Wildman–Crippen LogP) is 0.287. The molecule has 0 aromatic heterocycles. The highest BCUT2D eigenvalue weighted by Crippen LogP contribution is 2.43. The summed E-state index contributed by atoms with van der Waals surface area (Å²) in [4.78, 5) is 10.9. The summed E-state index contributed by atoms with van der Waals surface area (Å²) in [6.45, 7) is 2.03. The van der Waals surface area contributed by atoms with Gasteiger partial charge in [-0.05, 0) is 12.3 Å². The lowest BCUT2D eigenvalue weighted by Crippen LogP contribution is -2.36. The minimum atomic E-state index is -0.635. The molecule has 1 aliphatic rings. The Morgan fingerprint density at radius 1 is 1.90 bits per heavy atom. The molecule has 1 aliphatic carbocycles. The van der Waals surface area contributed by atoms with Gasteiger partial charge in [-0.3, -0.25) is 4.79 Å². The number of carbonyl (C=O) groups is 1. The van der Waals surface area contributed by atoms with Crippen LogP contribution in [0.15, 0.2) is 0 Å². The lowest BCUT2D eigenvalue weighted by Gasteiger charge is -2.06. The zero-order chi connectivity index (χ0) is 7.78. The number of methoxy groups -OCH3 is 1. The van der Waals surface area contributed by atoms with Gasteiger partial charge >= 0.3 is 5.97 Å². The number of rotatable bonds is 2. The molecule has 0 bridgehead atoms. The Balaban J connectivity index is 2.50. The fraction of sp³-hybridized carbons (Fsp3) is 0.857. The second kappa shape index (κ2) is 2.23. The molecule has 0 aromatic rings. The molecule has 0 spiro atoms. The van der Waals surface area contributed by atoms with Crippen molar-refractivity contribution in [3.8, 4) is 0 Å². The Hall–Kier alpha value is -0.570. The number of nitrogens with two attached hydrogens (primary N) is 1. The number of esters is 1. The summed E-state index contributed by atoms with van der Waals surface area (Å²) in [5, 5.41) is 0. The summed E-state index contributed by atoms with van der Waals surface area (Å²) >= 11 is 0. The van der Waals surface area contributed by atoms with Crippen LogP contribution in [0.2, 0.25) is 0 Å². The Morgan fingerprint density at radius 2 is 2.50 bits per heavy atom. The summed E-state index contributed by atoms with van der Waals surface area (Å²) in [6, 6.07) is 0. The van der Waals surface area contributed by atoms with E-state index in [0.29, 0.717) is 5.92 Å². The molecule has 0 heterocycles. The monoisotopic (exact) mass is 143 g/mol. The van der Waals surface area contributed by atoms with Gasteiger partial charge in [0.1, 0.15) is 5.54 Å². The summed E-state index contributed by atoms with van der Waals surface area (Å²) in [5.74, 6) is 0.0827. The van der Waals surface area contributed by atoms with Crippen LogP contribution in [0.25, 0.3) is 0 Å². The Kier molecular flexibility index (Phi) is 1.68. The first-order valence-corrected chi connectivity index (χ1v) is 3.52. The molecular weight excluding hydrogens is 130 g/mol. The van der Waals surface area contributed by atoms with Crippen molar-refractivity contribution >= 4 is 5.97 Å². The van der Waals surface area contributed by atoms with Gasteiger partial charge < -0.3 is 10.5 Å². The van der Waals surface area contributed by atoms with Gasteiger partial charge in [0, 0.05) is 0 Å². The Morgan fingerprint density at radius 3 is 2.80 bits per heavy atom. The standard InChI is InChI=1S/C7H13NO2/c1-3-5-4-7(5,8)6(9)10-2/h5H,3-4,8H2,1-2H3/t5-,7?/m1/s1. The van der Waals surface area contributed by atoms with Gasteiger partial charge in [-0.2, -0.15) is 0 Å². The first kappa shape index (κ1) is 7.54. The van der Waals surface area contributed by atoms with Crippen LogP contribution in [0.4, 0.5) is 0 Å². The van der Waals surface area contributed by atoms with Crippen LogP contribution in [0.3, 0.4) is 0 Å². The Labute approximate surface area is 60.5 Å². The van der Waals surface area contributed by atoms with Gasteiger partial charge in [-0.1, -0.05) is 13.3 Å². The lowest BCUT2D eigenvalue weighted by atomic mass is 10.2. The number of carbonyl (C=O) groups excluding carboxylic acids is 1. The van der Waals surface area contributed by atoms with Crippen LogP contribution >= 0.6 is 0 Å². The molecule has 1 fully saturated rings. The number of ether oxygens (including phenoxy) is 1. The zero-order valence-electron chi connectivity index (χ0n) is 6.39. The van der Waals surface area contributed by atoms with Gasteiger partial charge in [0.2, 0.25) is 0 Å². The third kappa shape index (κ3) is 0.904. The van der Waals surface area contributed by atoms with E-state index in [1.807, 2.05) is 6.92 Å². The molecule has 3 nitrogen and oxygen atoms in total. The quantitative estimate of drug-likeness (QED) is 0.565. The normalized spacial score (nSPS) is 37.3. The molecule has 0 amide bonds. The first-order valence-electron chi connectivity index (χ1n) is 3.52. The fourth-order valence-corrected chi connectivity index (χ4v) is 1.30. The maximum atomic E-state index is 10.9. The van der Waals surface area contributed by atoms with Crippen LogP contribution in [-0.2, 0) is 9.53 Å². The molecule has 1 unspecified atom stereocenters. The van der Waals surface area contributed by atoms with Crippen LogP contribution < -0.4 is 5.73 Å². The van der Waals surface area contributed by atoms with Crippen molar-refractivity contribution in [2.45, 2.75) is 25.3 Å². The van der Waals surface area contributed by atoms with E-state index < -0.39 is 5.54 Å². The van der Waals surface area contributed by atoms with Gasteiger partial charge in [0.15, 0.2) is 0 Å². The van der Waals surface area contributed by atoms with Gasteiger partial charge in [-0.15, -0.1) is 0 Å². The highest BCUT2D eigenvalue weighted by molar-refractivity contribution is 5.84. The molecule has 0 saturated heterocycles. The molecule has 2 atom stereocenters. The fourth-order valence-electron chi connectivity index (χ4n) is 1.30. The predicted molar refractivity (Wildman–Crippen MR) is 37.3 cm³/mol. The van der Waals surface area contributed by atoms with E-state index in [2.05, 4.69) is 4.74 Å². The summed E-state index contributed by atoms with van der Waals surface area (Å²) in [6.07, 6.45) is 1.75. The van der Waals surface area contributed by atoms with Crippen LogP contribution in [-0.4, -0.2) is 18.6 Å². The number of hydrogen-bond donors (Lipinski definition) is 1. The third-order valence-corrected chi connectivity index (χ3v) is 2.21. The van der Waals surface area contributed by atoms with E-state index in [9.17, 15) is 4.79 Å². The summed E-state index contributed by atoms with van der Waals surface area (Å²) in [5.41, 5.74) is 5.05. The molecule has 3 heteroatoms. The lowest BCUT2D eigenvalue weighted by molar-refractivity contribution is -0.143. The summed E-state index contributed by atoms with van der Waals surface area (Å²) in [7, 11) is 1.38. The summed E-state index contributed by atoms with van der Waals surface area (Å²) < 4.78 is 4.55. The highest BCUT2D eigenvalue weighted by atomic mass is 16.5. The molecular formula is C7H13NO2. The van der Waals surface area contributed by atoms with Crippen molar-refractivity contribution < 1.29 is 9.53 Å². The largest absolute Gasteiger partial charge is 0.468 e. The highest BCUT2D eigenvalue weighted by Gasteiger charge is 2.56. The average Bonchev–Trinajstić information content (AvgIpc) is 2.61. The minimum Gasteiger partial charge on any atom is -0.468 e. The van der Waals surface area contributed by atoms with E-state index >= 15 is 0 Å². The van der Waals surface area contributed by atoms with Crippen molar-refractivity contribution in [2.75, 3.05) is 7.11 Å². The molecule has 2 N–H and O–H groups in total. The van der Waals surface area contributed by atoms with Crippen LogP contribution in [0.5, 0.6) is 0 Å². The maximum Gasteiger partial charge on any atom is 0.326 e. The molecule has 58 valence electrons. The van der Waals surface area contributed by atoms with Crippen LogP contribution in [0, 0.1) is 5.92 Å². The third-order valence-electron chi connectivity index (χ3n) is 2.21. The minimum absolute atomic E-state index is 0.264. The van der Waals surface area contributed by atoms with Crippen LogP contribution in [0.1, 0.15) is 19.8 Å². The SMILES string of the molecule is CC[C@@H]1CC1(N)C(=O)OC. The molecule has 10 heavy (non-hydrogen) atoms. The van der Waals surface area contributed by atoms with Crippen molar-refractivity contribution in [3.63, 3.8) is 0 Å². The molecule has 0 aromatic carbocycles. The molecule has 1 saturated carbocycles. The van der Waals surface area contributed by atoms with Gasteiger partial charge in [0.05, 0.1) is 7.11 Å². The topological polar surface area (TPSA) is 52.3 Å². The van der Waals surface area contributed by atoms with E-state index in [0.717, 1.165) is 12.8 Å². The second-order valence-corrected chi connectivity index (χ2v) is 2.84. The van der Waals surface area contributed by atoms with Crippen molar-refractivity contribution in [1.29, 1.82) is 0 Å². The van der Waals surface area contributed by atoms with Crippen molar-refractivity contribution in [3.05, 3.63) is 0 Å². The number of hydrogen-bond acceptors (Lipinski definition) is 3. The Bertz CT molecular complexity index is 158. The molecule has 0 radical (unpaired) electrons. The first-order chi connectivity index (χ1) is 4.65. The molecule has 1 rings (SSSR count). The van der Waals surface area contributed by atoms with Crippen molar-refractivity contribution in [1.82, 2.24) is 0 Å². The van der Waals surface area contributed by atoms with E-state index in [4.69, 9.17) is 5.73 Å². The smallest absolute Gasteiger partial charge is 0.326 e. The van der Waals surface area contributed by atoms with Gasteiger partial charge in [0.25, 0.3) is 0 Å². The van der Waals surface area contributed by atoms with E-state index in [-0.39, 0.29) is 5.97 Å². The van der Waals surface area contributed by atoms with E-state index in [1.165, 1.54) is 7.11 Å². The average molecular weight is 143 g/mol. The van der Waals surface area contributed by atoms with Crippen molar-refractivity contribution in [2.24, 2.45) is 11.7 Å². The zero-order valence-corrected chi connectivity index (χ0v) is 6.39. The second-order valence-electron chi connectivity index (χ2n) is 2.84. The van der Waals surface area contributed by atoms with E-state index in [1.54, 1.807) is 0 Å². The molecule has 0 aliphatic heterocycles.